The van der Waals surface area contributed by atoms with Crippen molar-refractivity contribution < 1.29 is 45.5 Å². The maximum absolute atomic E-state index is 13.9. The van der Waals surface area contributed by atoms with Gasteiger partial charge in [-0.1, -0.05) is 0 Å². The van der Waals surface area contributed by atoms with Gasteiger partial charge in [0, 0.05) is 76.4 Å². The third-order valence-electron chi connectivity index (χ3n) is 10.4. The van der Waals surface area contributed by atoms with Crippen molar-refractivity contribution in [2.24, 2.45) is 0 Å². The molecule has 0 radical (unpaired) electrons. The highest BCUT2D eigenvalue weighted by Gasteiger charge is 2.42. The topological polar surface area (TPSA) is 115 Å². The number of piperazine rings is 1. The van der Waals surface area contributed by atoms with E-state index >= 15 is 0 Å². The molecule has 4 amide bonds. The Morgan fingerprint density at radius 3 is 2.06 bits per heavy atom. The molecule has 0 unspecified atom stereocenters. The van der Waals surface area contributed by atoms with E-state index in [2.05, 4.69) is 15.1 Å². The normalized spacial score (nSPS) is 21.0. The number of nitrogen functional groups attached to an aromatic ring is 1. The summed E-state index contributed by atoms with van der Waals surface area (Å²) < 4.78 is 88.8. The second kappa shape index (κ2) is 14.7. The summed E-state index contributed by atoms with van der Waals surface area (Å²) in [7, 11) is 2.05. The van der Waals surface area contributed by atoms with Gasteiger partial charge in [-0.05, 0) is 61.9 Å². The average Bonchev–Trinajstić information content (AvgIpc) is 3.54. The van der Waals surface area contributed by atoms with E-state index in [9.17, 15) is 40.7 Å². The molecule has 1 atom stereocenters. The summed E-state index contributed by atoms with van der Waals surface area (Å²) >= 11 is 1.43. The highest BCUT2D eigenvalue weighted by Crippen LogP contribution is 2.42. The van der Waals surface area contributed by atoms with Crippen LogP contribution in [0.25, 0.3) is 0 Å². The fourth-order valence-corrected chi connectivity index (χ4v) is 8.18. The predicted octanol–water partition coefficient (Wildman–Crippen LogP) is 5.17. The number of alkyl halides is 6. The quantitative estimate of drug-likeness (QED) is 0.310. The Kier molecular flexibility index (Phi) is 10.7. The van der Waals surface area contributed by atoms with Crippen LogP contribution in [0.15, 0.2) is 23.6 Å². The van der Waals surface area contributed by atoms with Crippen molar-refractivity contribution in [2.75, 3.05) is 70.5 Å². The van der Waals surface area contributed by atoms with Gasteiger partial charge >= 0.3 is 24.5 Å². The monoisotopic (exact) mass is 745 g/mol. The molecule has 3 saturated heterocycles. The number of fused-ring (bicyclic) bond motifs is 1. The first-order valence-corrected chi connectivity index (χ1v) is 17.8. The molecule has 5 heterocycles. The maximum atomic E-state index is 13.9. The lowest BCUT2D eigenvalue weighted by Gasteiger charge is -2.42. The van der Waals surface area contributed by atoms with Gasteiger partial charge in [-0.3, -0.25) is 15.0 Å². The molecule has 2 aromatic rings. The number of benzene rings is 1. The van der Waals surface area contributed by atoms with Crippen LogP contribution in [0, 0.1) is 0 Å². The summed E-state index contributed by atoms with van der Waals surface area (Å²) in [5, 5.41) is 5.55. The van der Waals surface area contributed by atoms with Crippen molar-refractivity contribution in [3.8, 4) is 0 Å². The van der Waals surface area contributed by atoms with Crippen molar-refractivity contribution >= 4 is 40.1 Å². The summed E-state index contributed by atoms with van der Waals surface area (Å²) in [6.07, 6.45) is -11.7. The zero-order valence-electron chi connectivity index (χ0n) is 28.1. The fourth-order valence-electron chi connectivity index (χ4n) is 7.38. The molecule has 0 saturated carbocycles. The van der Waals surface area contributed by atoms with E-state index in [-0.39, 0.29) is 31.2 Å². The van der Waals surface area contributed by atoms with Crippen molar-refractivity contribution in [1.29, 1.82) is 0 Å². The number of urea groups is 1. The smallest absolute Gasteiger partial charge is 0.418 e. The molecule has 0 bridgehead atoms. The number of carbonyl (C=O) groups excluding carboxylic acids is 3. The molecular formula is C33H41F6N7O4S. The lowest BCUT2D eigenvalue weighted by molar-refractivity contribution is -0.142. The van der Waals surface area contributed by atoms with E-state index in [0.29, 0.717) is 57.5 Å². The number of thiophene rings is 1. The lowest BCUT2D eigenvalue weighted by atomic mass is 9.97. The van der Waals surface area contributed by atoms with Gasteiger partial charge < -0.3 is 30.1 Å². The second-order valence-corrected chi connectivity index (χ2v) is 14.5. The number of likely N-dealkylation sites (N-methyl/N-ethyl adjacent to an activating group) is 1. The molecule has 0 aliphatic carbocycles. The van der Waals surface area contributed by atoms with Gasteiger partial charge in [-0.25, -0.2) is 9.59 Å². The summed E-state index contributed by atoms with van der Waals surface area (Å²) in [5.41, 5.74) is 0.998. The summed E-state index contributed by atoms with van der Waals surface area (Å²) in [5.74, 6) is -0.689. The van der Waals surface area contributed by atoms with E-state index in [1.165, 1.54) is 21.1 Å². The Balaban J connectivity index is 1.17. The van der Waals surface area contributed by atoms with E-state index in [1.54, 1.807) is 4.90 Å². The van der Waals surface area contributed by atoms with Crippen LogP contribution in [0.1, 0.15) is 47.9 Å². The van der Waals surface area contributed by atoms with Crippen LogP contribution >= 0.6 is 11.3 Å². The third kappa shape index (κ3) is 8.32. The molecule has 51 heavy (non-hydrogen) atoms. The maximum Gasteiger partial charge on any atom is 0.418 e. The van der Waals surface area contributed by atoms with Crippen molar-refractivity contribution in [3.05, 3.63) is 45.8 Å². The van der Waals surface area contributed by atoms with Crippen LogP contribution in [0.5, 0.6) is 0 Å². The number of nitrogens with two attached hydrogens (primary N) is 1. The molecule has 280 valence electrons. The summed E-state index contributed by atoms with van der Waals surface area (Å²) in [6, 6.07) is 2.68. The summed E-state index contributed by atoms with van der Waals surface area (Å²) in [4.78, 5) is 49.3. The van der Waals surface area contributed by atoms with Crippen LogP contribution in [0.2, 0.25) is 0 Å². The number of nitrogens with one attached hydrogen (secondary N) is 1. The van der Waals surface area contributed by atoms with Gasteiger partial charge in [-0.15, -0.1) is 11.3 Å². The van der Waals surface area contributed by atoms with Gasteiger partial charge in [0.25, 0.3) is 5.91 Å². The van der Waals surface area contributed by atoms with E-state index in [1.807, 2.05) is 18.5 Å². The second-order valence-electron chi connectivity index (χ2n) is 13.6. The average molecular weight is 746 g/mol. The van der Waals surface area contributed by atoms with E-state index < -0.39 is 59.3 Å². The fraction of sp³-hybridized carbons (Fsp3) is 0.606. The molecule has 1 aromatic carbocycles. The van der Waals surface area contributed by atoms with Crippen molar-refractivity contribution in [1.82, 2.24) is 24.5 Å². The molecule has 0 spiro atoms. The Morgan fingerprint density at radius 2 is 1.47 bits per heavy atom. The molecule has 4 aliphatic rings. The Hall–Kier alpha value is -3.77. The zero-order valence-corrected chi connectivity index (χ0v) is 28.9. The number of halogens is 6. The number of rotatable bonds is 6. The van der Waals surface area contributed by atoms with Gasteiger partial charge in [-0.2, -0.15) is 26.3 Å². The molecule has 3 N–H and O–H groups in total. The van der Waals surface area contributed by atoms with Gasteiger partial charge in [0.05, 0.1) is 23.4 Å². The number of hydrogen-bond acceptors (Lipinski definition) is 8. The minimum Gasteiger partial charge on any atom is -0.436 e. The van der Waals surface area contributed by atoms with Crippen LogP contribution < -0.4 is 11.1 Å². The molecule has 4 aliphatic heterocycles. The van der Waals surface area contributed by atoms with E-state index in [0.717, 1.165) is 36.7 Å². The first-order valence-electron chi connectivity index (χ1n) is 17.0. The highest BCUT2D eigenvalue weighted by molar-refractivity contribution is 7.14. The van der Waals surface area contributed by atoms with Gasteiger partial charge in [0.2, 0.25) is 0 Å². The third-order valence-corrected chi connectivity index (χ3v) is 11.2. The molecule has 1 aromatic heterocycles. The van der Waals surface area contributed by atoms with Crippen molar-refractivity contribution in [2.45, 2.75) is 69.2 Å². The molecule has 6 rings (SSSR count). The standard InChI is InChI=1S/C33H41F6N7O4S/c1-42-11-13-43(14-12-42)22-2-7-44(8-3-22)29(47)26(18-20-16-24(32(34,35)36)27(40)25(17-20)33(37,38)39)50-31(49)45-9-4-23(5-10-45)46-19-21-6-15-51-28(21)41-30(46)48/h6,15-17,22-23,26H,2-5,7-14,18-19,40H2,1H3,(H,41,48)/t26-/m1/s1. The highest BCUT2D eigenvalue weighted by atomic mass is 32.1. The number of nitrogens with zero attached hydrogens (tertiary/aromatic N) is 5. The summed E-state index contributed by atoms with van der Waals surface area (Å²) in [6.45, 7) is 4.92. The van der Waals surface area contributed by atoms with E-state index in [4.69, 9.17) is 10.5 Å². The van der Waals surface area contributed by atoms with Gasteiger partial charge in [0.1, 0.15) is 5.00 Å². The zero-order chi connectivity index (χ0) is 36.7. The predicted molar refractivity (Wildman–Crippen MR) is 177 cm³/mol. The number of piperidine rings is 2. The Morgan fingerprint density at radius 1 is 0.902 bits per heavy atom. The van der Waals surface area contributed by atoms with Crippen molar-refractivity contribution in [3.63, 3.8) is 0 Å². The number of carbonyl (C=O) groups is 3. The minimum atomic E-state index is -5.21. The Labute approximate surface area is 295 Å². The molecular weight excluding hydrogens is 704 g/mol. The molecule has 3 fully saturated rings. The SMILES string of the molecule is CN1CCN(C2CCN(C(=O)[C@@H](Cc3cc(C(F)(F)F)c(N)c(C(F)(F)F)c3)OC(=O)N3CCC(N4Cc5ccsc5NC4=O)CC3)CC2)CC1. The number of hydrogen-bond donors (Lipinski definition) is 2. The number of anilines is 2. The largest absolute Gasteiger partial charge is 0.436 e. The minimum absolute atomic E-state index is 0.166. The first-order chi connectivity index (χ1) is 24.1. The number of likely N-dealkylation sites (tertiary alicyclic amines) is 2. The Bertz CT molecular complexity index is 1560. The van der Waals surface area contributed by atoms with Crippen LogP contribution in [0.3, 0.4) is 0 Å². The molecule has 11 nitrogen and oxygen atoms in total. The van der Waals surface area contributed by atoms with Crippen LogP contribution in [0.4, 0.5) is 46.6 Å². The molecule has 18 heteroatoms. The lowest BCUT2D eigenvalue weighted by Crippen LogP contribution is -2.54. The first kappa shape index (κ1) is 37.0. The number of ether oxygens (including phenoxy) is 1. The van der Waals surface area contributed by atoms with Crippen LogP contribution in [-0.4, -0.2) is 120 Å². The number of amides is 4. The van der Waals surface area contributed by atoms with Gasteiger partial charge in [0.15, 0.2) is 6.10 Å². The van der Waals surface area contributed by atoms with Crippen LogP contribution in [-0.2, 0) is 34.8 Å².